The van der Waals surface area contributed by atoms with Crippen LogP contribution in [-0.2, 0) is 0 Å². The van der Waals surface area contributed by atoms with Gasteiger partial charge in [-0.05, 0) is 82.5 Å². The number of rotatable bonds is 6. The molecule has 1 aliphatic carbocycles. The third kappa shape index (κ3) is 6.07. The maximum atomic E-state index is 9.79. The van der Waals surface area contributed by atoms with Crippen molar-refractivity contribution in [3.63, 3.8) is 0 Å². The van der Waals surface area contributed by atoms with Gasteiger partial charge in [0.05, 0.1) is 6.10 Å². The summed E-state index contributed by atoms with van der Waals surface area (Å²) in [4.78, 5) is 2.59. The average molecular weight is 381 g/mol. The number of likely N-dealkylation sites (tertiary alicyclic amines) is 1. The number of aromatic nitrogens is 2. The fourth-order valence-electron chi connectivity index (χ4n) is 4.38. The summed E-state index contributed by atoms with van der Waals surface area (Å²) in [6.07, 6.45) is 10.7. The van der Waals surface area contributed by atoms with Gasteiger partial charge >= 0.3 is 0 Å². The second-order valence-corrected chi connectivity index (χ2v) is 8.52. The molecule has 6 heteroatoms. The van der Waals surface area contributed by atoms with E-state index in [4.69, 9.17) is 11.6 Å². The van der Waals surface area contributed by atoms with E-state index in [2.05, 4.69) is 20.4 Å². The monoisotopic (exact) mass is 380 g/mol. The molecule has 2 heterocycles. The van der Waals surface area contributed by atoms with Gasteiger partial charge in [-0.3, -0.25) is 0 Å². The fraction of sp³-hybridized carbons (Fsp3) is 0.800. The Balaban J connectivity index is 1.40. The summed E-state index contributed by atoms with van der Waals surface area (Å²) in [5, 5.41) is 22.0. The predicted molar refractivity (Wildman–Crippen MR) is 107 cm³/mol. The molecule has 2 fully saturated rings. The summed E-state index contributed by atoms with van der Waals surface area (Å²) in [5.41, 5.74) is 0.963. The molecule has 2 N–H and O–H groups in total. The van der Waals surface area contributed by atoms with Crippen LogP contribution in [-0.4, -0.2) is 52.0 Å². The maximum absolute atomic E-state index is 9.79. The van der Waals surface area contributed by atoms with E-state index in [9.17, 15) is 5.11 Å². The molecule has 1 saturated carbocycles. The lowest BCUT2D eigenvalue weighted by atomic mass is 9.94. The van der Waals surface area contributed by atoms with Crippen LogP contribution in [0.2, 0.25) is 5.15 Å². The summed E-state index contributed by atoms with van der Waals surface area (Å²) in [6, 6.07) is 2.42. The molecule has 26 heavy (non-hydrogen) atoms. The van der Waals surface area contributed by atoms with Crippen LogP contribution in [0.4, 0.5) is 5.82 Å². The van der Waals surface area contributed by atoms with Gasteiger partial charge in [0.1, 0.15) is 5.82 Å². The fourth-order valence-corrected chi connectivity index (χ4v) is 4.47. The van der Waals surface area contributed by atoms with Gasteiger partial charge < -0.3 is 15.3 Å². The molecule has 0 spiro atoms. The smallest absolute Gasteiger partial charge is 0.154 e. The quantitative estimate of drug-likeness (QED) is 0.729. The number of nitrogens with zero attached hydrogens (tertiary/aromatic N) is 3. The maximum Gasteiger partial charge on any atom is 0.154 e. The van der Waals surface area contributed by atoms with E-state index in [0.29, 0.717) is 11.2 Å². The van der Waals surface area contributed by atoms with Gasteiger partial charge in [0.2, 0.25) is 0 Å². The van der Waals surface area contributed by atoms with Crippen LogP contribution in [0.25, 0.3) is 0 Å². The van der Waals surface area contributed by atoms with Gasteiger partial charge in [0.25, 0.3) is 0 Å². The van der Waals surface area contributed by atoms with E-state index < -0.39 is 0 Å². The minimum atomic E-state index is -0.0477. The Bertz CT molecular complexity index is 571. The minimum absolute atomic E-state index is 0.0477. The lowest BCUT2D eigenvalue weighted by Gasteiger charge is -2.33. The number of piperidine rings is 1. The predicted octanol–water partition coefficient (Wildman–Crippen LogP) is 4.04. The first kappa shape index (κ1) is 19.8. The number of hydrogen-bond donors (Lipinski definition) is 2. The molecule has 2 unspecified atom stereocenters. The molecule has 0 aromatic carbocycles. The van der Waals surface area contributed by atoms with Crippen molar-refractivity contribution >= 4 is 17.4 Å². The topological polar surface area (TPSA) is 61.3 Å². The Labute approximate surface area is 162 Å². The number of nitrogens with one attached hydrogen (secondary N) is 1. The number of aryl methyl sites for hydroxylation is 1. The zero-order chi connectivity index (χ0) is 18.4. The normalized spacial score (nSPS) is 27.9. The second-order valence-electron chi connectivity index (χ2n) is 8.16. The van der Waals surface area contributed by atoms with E-state index >= 15 is 0 Å². The van der Waals surface area contributed by atoms with Gasteiger partial charge in [-0.1, -0.05) is 24.4 Å². The van der Waals surface area contributed by atoms with E-state index in [1.54, 1.807) is 0 Å². The van der Waals surface area contributed by atoms with Crippen LogP contribution in [0.5, 0.6) is 0 Å². The van der Waals surface area contributed by atoms with Gasteiger partial charge in [0, 0.05) is 12.6 Å². The summed E-state index contributed by atoms with van der Waals surface area (Å²) >= 11 is 5.96. The van der Waals surface area contributed by atoms with Gasteiger partial charge in [-0.2, -0.15) is 0 Å². The molecule has 1 saturated heterocycles. The summed E-state index contributed by atoms with van der Waals surface area (Å²) < 4.78 is 0. The van der Waals surface area contributed by atoms with Crippen LogP contribution in [0.3, 0.4) is 0 Å². The minimum Gasteiger partial charge on any atom is -0.393 e. The molecule has 146 valence electrons. The summed E-state index contributed by atoms with van der Waals surface area (Å²) in [5.74, 6) is 1.65. The highest BCUT2D eigenvalue weighted by molar-refractivity contribution is 6.30. The van der Waals surface area contributed by atoms with Crippen molar-refractivity contribution in [3.8, 4) is 0 Å². The van der Waals surface area contributed by atoms with E-state index in [-0.39, 0.29) is 6.10 Å². The Kier molecular flexibility index (Phi) is 7.52. The molecular weight excluding hydrogens is 348 g/mol. The SMILES string of the molecule is Cc1cc(N[C@@H]2CCCN(CCCC3CCCC(O)CC3)C2)nnc1Cl. The zero-order valence-corrected chi connectivity index (χ0v) is 16.7. The van der Waals surface area contributed by atoms with Crippen molar-refractivity contribution in [1.82, 2.24) is 15.1 Å². The van der Waals surface area contributed by atoms with Crippen molar-refractivity contribution in [2.45, 2.75) is 76.9 Å². The molecule has 5 nitrogen and oxygen atoms in total. The molecule has 3 rings (SSSR count). The van der Waals surface area contributed by atoms with Crippen molar-refractivity contribution < 1.29 is 5.11 Å². The number of aliphatic hydroxyl groups is 1. The van der Waals surface area contributed by atoms with Crippen molar-refractivity contribution in [2.24, 2.45) is 5.92 Å². The molecule has 1 aliphatic heterocycles. The molecule has 0 bridgehead atoms. The van der Waals surface area contributed by atoms with E-state index in [1.807, 2.05) is 13.0 Å². The van der Waals surface area contributed by atoms with Crippen LogP contribution >= 0.6 is 11.6 Å². The van der Waals surface area contributed by atoms with Gasteiger partial charge in [-0.15, -0.1) is 10.2 Å². The number of anilines is 1. The Hall–Kier alpha value is -0.910. The first-order valence-corrected chi connectivity index (χ1v) is 10.6. The highest BCUT2D eigenvalue weighted by Crippen LogP contribution is 2.27. The average Bonchev–Trinajstić information content (AvgIpc) is 2.83. The largest absolute Gasteiger partial charge is 0.393 e. The Morgan fingerprint density at radius 1 is 1.19 bits per heavy atom. The van der Waals surface area contributed by atoms with E-state index in [0.717, 1.165) is 36.7 Å². The van der Waals surface area contributed by atoms with Crippen LogP contribution in [0.15, 0.2) is 6.07 Å². The van der Waals surface area contributed by atoms with Crippen molar-refractivity contribution in [2.75, 3.05) is 25.0 Å². The van der Waals surface area contributed by atoms with Gasteiger partial charge in [0.15, 0.2) is 5.15 Å². The second kappa shape index (κ2) is 9.86. The first-order chi connectivity index (χ1) is 12.6. The van der Waals surface area contributed by atoms with E-state index in [1.165, 1.54) is 58.0 Å². The summed E-state index contributed by atoms with van der Waals surface area (Å²) in [6.45, 7) is 5.42. The molecule has 2 aliphatic rings. The standard InChI is InChI=1S/C20H33ClN4O/c1-15-13-19(23-24-20(15)21)22-17-7-4-12-25(14-17)11-3-6-16-5-2-8-18(26)10-9-16/h13,16-18,26H,2-12,14H2,1H3,(H,22,23)/t16?,17-,18?/m1/s1. The summed E-state index contributed by atoms with van der Waals surface area (Å²) in [7, 11) is 0. The van der Waals surface area contributed by atoms with Crippen LogP contribution in [0.1, 0.15) is 63.4 Å². The molecular formula is C20H33ClN4O. The molecule has 0 amide bonds. The zero-order valence-electron chi connectivity index (χ0n) is 16.0. The lowest BCUT2D eigenvalue weighted by Crippen LogP contribution is -2.42. The van der Waals surface area contributed by atoms with Crippen molar-refractivity contribution in [1.29, 1.82) is 0 Å². The number of halogens is 1. The molecule has 0 radical (unpaired) electrons. The molecule has 1 aromatic heterocycles. The molecule has 1 aromatic rings. The molecule has 3 atom stereocenters. The number of hydrogen-bond acceptors (Lipinski definition) is 5. The van der Waals surface area contributed by atoms with Crippen LogP contribution < -0.4 is 5.32 Å². The third-order valence-corrected chi connectivity index (χ3v) is 6.30. The highest BCUT2D eigenvalue weighted by atomic mass is 35.5. The Morgan fingerprint density at radius 3 is 2.92 bits per heavy atom. The highest BCUT2D eigenvalue weighted by Gasteiger charge is 2.21. The number of aliphatic hydroxyl groups excluding tert-OH is 1. The lowest BCUT2D eigenvalue weighted by molar-refractivity contribution is 0.155. The van der Waals surface area contributed by atoms with Gasteiger partial charge in [-0.25, -0.2) is 0 Å². The first-order valence-electron chi connectivity index (χ1n) is 10.3. The van der Waals surface area contributed by atoms with Crippen LogP contribution in [0, 0.1) is 12.8 Å². The Morgan fingerprint density at radius 2 is 2.08 bits per heavy atom. The van der Waals surface area contributed by atoms with Crippen molar-refractivity contribution in [3.05, 3.63) is 16.8 Å². The third-order valence-electron chi connectivity index (χ3n) is 5.93.